The molecule has 0 saturated heterocycles. The zero-order chi connectivity index (χ0) is 16.7. The van der Waals surface area contributed by atoms with E-state index in [0.29, 0.717) is 12.4 Å². The molecule has 0 unspecified atom stereocenters. The number of nitrogens with zero attached hydrogens (tertiary/aromatic N) is 1. The number of carbonyl (C=O) groups is 1. The summed E-state index contributed by atoms with van der Waals surface area (Å²) in [6, 6.07) is 10.8. The van der Waals surface area contributed by atoms with Crippen LogP contribution in [0.15, 0.2) is 60.2 Å². The molecule has 0 saturated carbocycles. The molecule has 0 fully saturated rings. The zero-order valence-corrected chi connectivity index (χ0v) is 12.3. The number of hydrogen-bond donors (Lipinski definition) is 3. The number of hydrazone groups is 1. The third kappa shape index (κ3) is 4.60. The number of phenols is 2. The Kier molecular flexibility index (Phi) is 5.35. The largest absolute Gasteiger partial charge is 0.508 e. The molecule has 23 heavy (non-hydrogen) atoms. The molecule has 0 atom stereocenters. The standard InChI is InChI=1S/C17H16N2O4/c1-2-9-23-14-6-3-12(4-7-14)11-18-19-17(22)15-8-5-13(20)10-16(15)21/h2-8,10-11,20-21H,1,9H2,(H,19,22)/b18-11-. The third-order valence-corrected chi connectivity index (χ3v) is 2.85. The van der Waals surface area contributed by atoms with Gasteiger partial charge in [0.2, 0.25) is 0 Å². The van der Waals surface area contributed by atoms with E-state index in [-0.39, 0.29) is 17.1 Å². The summed E-state index contributed by atoms with van der Waals surface area (Å²) in [4.78, 5) is 11.8. The van der Waals surface area contributed by atoms with Gasteiger partial charge in [-0.15, -0.1) is 0 Å². The molecular weight excluding hydrogens is 296 g/mol. The number of carbonyl (C=O) groups excluding carboxylic acids is 1. The van der Waals surface area contributed by atoms with Crippen LogP contribution in [-0.4, -0.2) is 28.9 Å². The van der Waals surface area contributed by atoms with Crippen molar-refractivity contribution in [3.05, 3.63) is 66.2 Å². The maximum Gasteiger partial charge on any atom is 0.275 e. The van der Waals surface area contributed by atoms with Crippen LogP contribution in [0.5, 0.6) is 17.2 Å². The van der Waals surface area contributed by atoms with Crippen LogP contribution in [0.2, 0.25) is 0 Å². The Morgan fingerprint density at radius 3 is 2.61 bits per heavy atom. The monoisotopic (exact) mass is 312 g/mol. The molecule has 0 radical (unpaired) electrons. The van der Waals surface area contributed by atoms with Gasteiger partial charge in [-0.1, -0.05) is 12.7 Å². The van der Waals surface area contributed by atoms with Crippen molar-refractivity contribution in [3.63, 3.8) is 0 Å². The first-order valence-electron chi connectivity index (χ1n) is 6.79. The van der Waals surface area contributed by atoms with Crippen molar-refractivity contribution in [1.29, 1.82) is 0 Å². The quantitative estimate of drug-likeness (QED) is 0.434. The van der Waals surface area contributed by atoms with E-state index in [0.717, 1.165) is 11.6 Å². The summed E-state index contributed by atoms with van der Waals surface area (Å²) in [7, 11) is 0. The summed E-state index contributed by atoms with van der Waals surface area (Å²) in [6.45, 7) is 4.00. The number of amides is 1. The van der Waals surface area contributed by atoms with Gasteiger partial charge in [-0.25, -0.2) is 5.43 Å². The molecule has 118 valence electrons. The van der Waals surface area contributed by atoms with Gasteiger partial charge in [-0.3, -0.25) is 4.79 Å². The molecule has 0 heterocycles. The Labute approximate surface area is 133 Å². The molecule has 3 N–H and O–H groups in total. The van der Waals surface area contributed by atoms with Gasteiger partial charge in [0.05, 0.1) is 11.8 Å². The van der Waals surface area contributed by atoms with E-state index in [1.807, 2.05) is 0 Å². The second-order valence-electron chi connectivity index (χ2n) is 4.57. The second kappa shape index (κ2) is 7.65. The fraction of sp³-hybridized carbons (Fsp3) is 0.0588. The van der Waals surface area contributed by atoms with Crippen LogP contribution in [0.1, 0.15) is 15.9 Å². The predicted octanol–water partition coefficient (Wildman–Crippen LogP) is 2.43. The smallest absolute Gasteiger partial charge is 0.275 e. The molecule has 0 bridgehead atoms. The lowest BCUT2D eigenvalue weighted by Gasteiger charge is -2.04. The molecular formula is C17H16N2O4. The molecule has 2 aromatic carbocycles. The summed E-state index contributed by atoms with van der Waals surface area (Å²) in [5.41, 5.74) is 3.09. The van der Waals surface area contributed by atoms with Crippen molar-refractivity contribution < 1.29 is 19.7 Å². The first kappa shape index (κ1) is 16.1. The first-order chi connectivity index (χ1) is 11.1. The highest BCUT2D eigenvalue weighted by atomic mass is 16.5. The van der Waals surface area contributed by atoms with Gasteiger partial charge in [0.25, 0.3) is 5.91 Å². The van der Waals surface area contributed by atoms with Gasteiger partial charge in [0.15, 0.2) is 0 Å². The number of aromatic hydroxyl groups is 2. The average molecular weight is 312 g/mol. The molecule has 6 nitrogen and oxygen atoms in total. The number of ether oxygens (including phenoxy) is 1. The molecule has 0 aliphatic rings. The fourth-order valence-corrected chi connectivity index (χ4v) is 1.74. The fourth-order valence-electron chi connectivity index (χ4n) is 1.74. The van der Waals surface area contributed by atoms with Crippen LogP contribution >= 0.6 is 0 Å². The average Bonchev–Trinajstić information content (AvgIpc) is 2.54. The van der Waals surface area contributed by atoms with E-state index in [9.17, 15) is 15.0 Å². The highest BCUT2D eigenvalue weighted by Crippen LogP contribution is 2.22. The number of benzene rings is 2. The number of hydrogen-bond acceptors (Lipinski definition) is 5. The molecule has 6 heteroatoms. The van der Waals surface area contributed by atoms with Crippen molar-refractivity contribution in [3.8, 4) is 17.2 Å². The zero-order valence-electron chi connectivity index (χ0n) is 12.3. The lowest BCUT2D eigenvalue weighted by Crippen LogP contribution is -2.17. The topological polar surface area (TPSA) is 91.2 Å². The maximum atomic E-state index is 11.8. The minimum atomic E-state index is -0.579. The Bertz CT molecular complexity index is 724. The van der Waals surface area contributed by atoms with Crippen LogP contribution in [0.25, 0.3) is 0 Å². The van der Waals surface area contributed by atoms with E-state index in [2.05, 4.69) is 17.1 Å². The van der Waals surface area contributed by atoms with E-state index >= 15 is 0 Å². The first-order valence-corrected chi connectivity index (χ1v) is 6.79. The van der Waals surface area contributed by atoms with E-state index in [1.54, 1.807) is 30.3 Å². The number of phenolic OH excluding ortho intramolecular Hbond substituents is 2. The Morgan fingerprint density at radius 2 is 1.96 bits per heavy atom. The van der Waals surface area contributed by atoms with Gasteiger partial charge in [0.1, 0.15) is 23.9 Å². The van der Waals surface area contributed by atoms with Crippen molar-refractivity contribution in [2.45, 2.75) is 0 Å². The second-order valence-corrected chi connectivity index (χ2v) is 4.57. The molecule has 0 aliphatic carbocycles. The van der Waals surface area contributed by atoms with Gasteiger partial charge in [-0.2, -0.15) is 5.10 Å². The van der Waals surface area contributed by atoms with Crippen molar-refractivity contribution in [1.82, 2.24) is 5.43 Å². The van der Waals surface area contributed by atoms with Crippen LogP contribution in [0.3, 0.4) is 0 Å². The summed E-state index contributed by atoms with van der Waals surface area (Å²) < 4.78 is 5.35. The summed E-state index contributed by atoms with van der Waals surface area (Å²) in [5, 5.41) is 22.6. The van der Waals surface area contributed by atoms with E-state index < -0.39 is 5.91 Å². The van der Waals surface area contributed by atoms with E-state index in [4.69, 9.17) is 4.74 Å². The highest BCUT2D eigenvalue weighted by molar-refractivity contribution is 5.97. The van der Waals surface area contributed by atoms with E-state index in [1.165, 1.54) is 18.3 Å². The Balaban J connectivity index is 1.95. The Morgan fingerprint density at radius 1 is 1.22 bits per heavy atom. The van der Waals surface area contributed by atoms with Crippen molar-refractivity contribution in [2.24, 2.45) is 5.10 Å². The minimum absolute atomic E-state index is 0.0214. The van der Waals surface area contributed by atoms with Crippen molar-refractivity contribution >= 4 is 12.1 Å². The molecule has 0 aliphatic heterocycles. The molecule has 1 amide bonds. The number of nitrogens with one attached hydrogen (secondary N) is 1. The van der Waals surface area contributed by atoms with Gasteiger partial charge < -0.3 is 14.9 Å². The number of rotatable bonds is 6. The van der Waals surface area contributed by atoms with Crippen LogP contribution in [0, 0.1) is 0 Å². The predicted molar refractivity (Wildman–Crippen MR) is 87.0 cm³/mol. The van der Waals surface area contributed by atoms with Gasteiger partial charge >= 0.3 is 0 Å². The van der Waals surface area contributed by atoms with Crippen LogP contribution in [0.4, 0.5) is 0 Å². The molecule has 0 spiro atoms. The van der Waals surface area contributed by atoms with Crippen LogP contribution < -0.4 is 10.2 Å². The third-order valence-electron chi connectivity index (χ3n) is 2.85. The highest BCUT2D eigenvalue weighted by Gasteiger charge is 2.10. The van der Waals surface area contributed by atoms with Gasteiger partial charge in [0, 0.05) is 6.07 Å². The molecule has 2 aromatic rings. The lowest BCUT2D eigenvalue weighted by molar-refractivity contribution is 0.0952. The van der Waals surface area contributed by atoms with Crippen molar-refractivity contribution in [2.75, 3.05) is 6.61 Å². The van der Waals surface area contributed by atoms with Gasteiger partial charge in [-0.05, 0) is 42.0 Å². The summed E-state index contributed by atoms with van der Waals surface area (Å²) >= 11 is 0. The van der Waals surface area contributed by atoms with Crippen LogP contribution in [-0.2, 0) is 0 Å². The molecule has 2 rings (SSSR count). The normalized spacial score (nSPS) is 10.4. The maximum absolute atomic E-state index is 11.8. The Hall–Kier alpha value is -3.28. The summed E-state index contributed by atoms with van der Waals surface area (Å²) in [6.07, 6.45) is 3.12. The lowest BCUT2D eigenvalue weighted by atomic mass is 10.2. The molecule has 0 aromatic heterocycles. The SMILES string of the molecule is C=CCOc1ccc(/C=N\NC(=O)c2ccc(O)cc2O)cc1. The summed E-state index contributed by atoms with van der Waals surface area (Å²) in [5.74, 6) is -0.312. The minimum Gasteiger partial charge on any atom is -0.508 e.